The van der Waals surface area contributed by atoms with Crippen molar-refractivity contribution >= 4 is 34.9 Å². The van der Waals surface area contributed by atoms with Gasteiger partial charge in [0.15, 0.2) is 5.17 Å². The molecule has 1 aliphatic heterocycles. The van der Waals surface area contributed by atoms with Crippen molar-refractivity contribution in [1.29, 1.82) is 0 Å². The van der Waals surface area contributed by atoms with Gasteiger partial charge in [-0.2, -0.15) is 5.10 Å². The summed E-state index contributed by atoms with van der Waals surface area (Å²) in [4.78, 5) is 22.7. The summed E-state index contributed by atoms with van der Waals surface area (Å²) in [5, 5.41) is 7.09. The maximum Gasteiger partial charge on any atom is 0.334 e. The average molecular weight is 258 g/mol. The molecule has 0 aromatic heterocycles. The molecule has 0 amide bonds. The van der Waals surface area contributed by atoms with Crippen LogP contribution in [0.5, 0.6) is 0 Å². The molecule has 17 heavy (non-hydrogen) atoms. The fourth-order valence-corrected chi connectivity index (χ4v) is 1.42. The minimum absolute atomic E-state index is 0.0491. The van der Waals surface area contributed by atoms with E-state index in [4.69, 9.17) is 11.6 Å². The largest absolute Gasteiger partial charge is 0.469 e. The zero-order valence-corrected chi connectivity index (χ0v) is 10.1. The summed E-state index contributed by atoms with van der Waals surface area (Å²) >= 11 is 5.80. The van der Waals surface area contributed by atoms with Crippen LogP contribution in [0.2, 0.25) is 0 Å². The molecule has 1 radical (unpaired) electrons. The van der Waals surface area contributed by atoms with Gasteiger partial charge in [0.05, 0.1) is 32.4 Å². The smallest absolute Gasteiger partial charge is 0.334 e. The second-order valence-electron chi connectivity index (χ2n) is 3.03. The lowest BCUT2D eigenvalue weighted by Gasteiger charge is -2.11. The number of allylic oxidation sites excluding steroid dienone is 1. The van der Waals surface area contributed by atoms with Crippen LogP contribution in [0.1, 0.15) is 12.8 Å². The molecule has 0 spiro atoms. The zero-order chi connectivity index (χ0) is 12.8. The fraction of sp³-hybridized carbons (Fsp3) is 0.400. The Morgan fingerprint density at radius 3 is 2.65 bits per heavy atom. The van der Waals surface area contributed by atoms with Crippen molar-refractivity contribution in [3.8, 4) is 0 Å². The van der Waals surface area contributed by atoms with Crippen LogP contribution in [0, 0.1) is 0 Å². The first-order valence-electron chi connectivity index (χ1n) is 4.63. The summed E-state index contributed by atoms with van der Waals surface area (Å²) in [6.07, 6.45) is 2.52. The molecule has 7 heteroatoms. The van der Waals surface area contributed by atoms with Crippen molar-refractivity contribution in [2.24, 2.45) is 10.2 Å². The maximum atomic E-state index is 11.5. The molecule has 1 rings (SSSR count). The molecule has 1 heterocycles. The molecule has 0 saturated carbocycles. The first-order chi connectivity index (χ1) is 8.10. The van der Waals surface area contributed by atoms with Gasteiger partial charge < -0.3 is 9.47 Å². The summed E-state index contributed by atoms with van der Waals surface area (Å²) in [6.45, 7) is 0. The summed E-state index contributed by atoms with van der Waals surface area (Å²) in [5.41, 5.74) is 0.481. The van der Waals surface area contributed by atoms with E-state index in [2.05, 4.69) is 25.9 Å². The third-order valence-electron chi connectivity index (χ3n) is 2.06. The van der Waals surface area contributed by atoms with E-state index in [0.717, 1.165) is 0 Å². The number of halogens is 1. The van der Waals surface area contributed by atoms with Crippen LogP contribution >= 0.6 is 11.6 Å². The lowest BCUT2D eigenvalue weighted by molar-refractivity contribution is -0.143. The molecule has 0 unspecified atom stereocenters. The molecule has 6 nitrogen and oxygen atoms in total. The van der Waals surface area contributed by atoms with E-state index in [-0.39, 0.29) is 23.6 Å². The van der Waals surface area contributed by atoms with Crippen LogP contribution in [0.25, 0.3) is 0 Å². The lowest BCUT2D eigenvalue weighted by Crippen LogP contribution is -2.16. The van der Waals surface area contributed by atoms with E-state index >= 15 is 0 Å². The van der Waals surface area contributed by atoms with E-state index in [1.807, 2.05) is 0 Å². The Morgan fingerprint density at radius 1 is 1.41 bits per heavy atom. The fourth-order valence-electron chi connectivity index (χ4n) is 1.20. The third kappa shape index (κ3) is 3.39. The monoisotopic (exact) mass is 257 g/mol. The second-order valence-corrected chi connectivity index (χ2v) is 3.39. The lowest BCUT2D eigenvalue weighted by atomic mass is 10.0. The van der Waals surface area contributed by atoms with Gasteiger partial charge in [0.2, 0.25) is 0 Å². The number of carbonyl (C=O) groups is 2. The molecule has 0 saturated heterocycles. The minimum atomic E-state index is -0.651. The van der Waals surface area contributed by atoms with Gasteiger partial charge in [-0.3, -0.25) is 4.79 Å². The normalized spacial score (nSPS) is 17.2. The molecule has 0 aromatic rings. The van der Waals surface area contributed by atoms with Crippen LogP contribution in [-0.4, -0.2) is 37.5 Å². The Morgan fingerprint density at radius 2 is 2.12 bits per heavy atom. The number of nitrogens with zero attached hydrogens (tertiary/aromatic N) is 2. The molecule has 0 N–H and O–H groups in total. The topological polar surface area (TPSA) is 77.3 Å². The average Bonchev–Trinajstić information content (AvgIpc) is 2.35. The Bertz CT molecular complexity index is 426. The van der Waals surface area contributed by atoms with Gasteiger partial charge in [-0.05, 0) is 0 Å². The molecular formula is C10H10ClN2O4. The predicted octanol–water partition coefficient (Wildman–Crippen LogP) is 0.923. The van der Waals surface area contributed by atoms with E-state index in [1.54, 1.807) is 0 Å². The van der Waals surface area contributed by atoms with E-state index in [1.165, 1.54) is 14.2 Å². The van der Waals surface area contributed by atoms with E-state index < -0.39 is 11.9 Å². The summed E-state index contributed by atoms with van der Waals surface area (Å²) in [7, 11) is 2.44. The van der Waals surface area contributed by atoms with Crippen molar-refractivity contribution < 1.29 is 19.1 Å². The number of carbonyl (C=O) groups excluding carboxylic acids is 2. The van der Waals surface area contributed by atoms with Gasteiger partial charge in [-0.15, -0.1) is 5.10 Å². The summed E-state index contributed by atoms with van der Waals surface area (Å²) in [6, 6.07) is 0. The van der Waals surface area contributed by atoms with Crippen LogP contribution in [0.3, 0.4) is 0 Å². The van der Waals surface area contributed by atoms with Crippen molar-refractivity contribution in [2.45, 2.75) is 12.8 Å². The maximum absolute atomic E-state index is 11.5. The number of ether oxygens (including phenoxy) is 2. The molecule has 0 aliphatic carbocycles. The number of methoxy groups -OCH3 is 2. The van der Waals surface area contributed by atoms with Crippen LogP contribution in [-0.2, 0) is 19.1 Å². The number of rotatable bonds is 3. The van der Waals surface area contributed by atoms with Crippen molar-refractivity contribution in [3.63, 3.8) is 0 Å². The Labute approximate surface area is 103 Å². The Kier molecular flexibility index (Phi) is 4.84. The quantitative estimate of drug-likeness (QED) is 0.556. The highest BCUT2D eigenvalue weighted by atomic mass is 35.5. The van der Waals surface area contributed by atoms with E-state index in [0.29, 0.717) is 5.57 Å². The van der Waals surface area contributed by atoms with Crippen molar-refractivity contribution in [1.82, 2.24) is 0 Å². The van der Waals surface area contributed by atoms with Gasteiger partial charge in [-0.1, -0.05) is 11.6 Å². The highest BCUT2D eigenvalue weighted by molar-refractivity contribution is 6.70. The molecular weight excluding hydrogens is 248 g/mol. The summed E-state index contributed by atoms with van der Waals surface area (Å²) in [5.74, 6) is -1.22. The number of esters is 2. The number of hydrogen-bond acceptors (Lipinski definition) is 6. The second kappa shape index (κ2) is 6.15. The Hall–Kier alpha value is -1.69. The zero-order valence-electron chi connectivity index (χ0n) is 9.32. The van der Waals surface area contributed by atoms with Crippen LogP contribution in [0.15, 0.2) is 21.3 Å². The predicted molar refractivity (Wildman–Crippen MR) is 61.0 cm³/mol. The van der Waals surface area contributed by atoms with Crippen molar-refractivity contribution in [3.05, 3.63) is 11.1 Å². The molecule has 0 atom stereocenters. The first-order valence-corrected chi connectivity index (χ1v) is 5.01. The first kappa shape index (κ1) is 13.4. The van der Waals surface area contributed by atoms with Crippen LogP contribution < -0.4 is 0 Å². The highest BCUT2D eigenvalue weighted by Gasteiger charge is 2.23. The molecule has 0 aromatic carbocycles. The SMILES string of the molecule is COC(=O)CC(C(=O)OC)=C1C[C]=NN=C1Cl. The molecule has 0 bridgehead atoms. The highest BCUT2D eigenvalue weighted by Crippen LogP contribution is 2.20. The molecule has 0 fully saturated rings. The standard InChI is InChI=1S/C10H10ClN2O4/c1-16-8(14)5-7(10(15)17-2)6-3-4-12-13-9(6)11/h3,5H2,1-2H3. The van der Waals surface area contributed by atoms with Gasteiger partial charge in [0, 0.05) is 12.0 Å². The molecule has 91 valence electrons. The van der Waals surface area contributed by atoms with Gasteiger partial charge in [0.25, 0.3) is 0 Å². The minimum Gasteiger partial charge on any atom is -0.469 e. The van der Waals surface area contributed by atoms with Gasteiger partial charge in [-0.25, -0.2) is 4.79 Å². The third-order valence-corrected chi connectivity index (χ3v) is 2.36. The van der Waals surface area contributed by atoms with Crippen LogP contribution in [0.4, 0.5) is 0 Å². The van der Waals surface area contributed by atoms with Gasteiger partial charge >= 0.3 is 11.9 Å². The Balaban J connectivity index is 3.09. The van der Waals surface area contributed by atoms with Gasteiger partial charge in [0.1, 0.15) is 0 Å². The van der Waals surface area contributed by atoms with Crippen molar-refractivity contribution in [2.75, 3.05) is 14.2 Å². The number of hydrogen-bond donors (Lipinski definition) is 0. The summed E-state index contributed by atoms with van der Waals surface area (Å²) < 4.78 is 9.08. The van der Waals surface area contributed by atoms with E-state index in [9.17, 15) is 9.59 Å². The molecule has 1 aliphatic rings.